The Morgan fingerprint density at radius 2 is 1.77 bits per heavy atom. The topological polar surface area (TPSA) is 72.9 Å². The quantitative estimate of drug-likeness (QED) is 0.667. The van der Waals surface area contributed by atoms with E-state index in [0.29, 0.717) is 11.3 Å². The summed E-state index contributed by atoms with van der Waals surface area (Å²) in [5, 5.41) is 0.198. The summed E-state index contributed by atoms with van der Waals surface area (Å²) in [5.41, 5.74) is 0.388. The first-order valence-corrected chi connectivity index (χ1v) is 10.4. The zero-order valence-corrected chi connectivity index (χ0v) is 16.7. The molecule has 8 heteroatoms. The molecule has 1 heterocycles. The maximum absolute atomic E-state index is 13.2. The van der Waals surface area contributed by atoms with E-state index in [1.165, 1.54) is 12.1 Å². The van der Waals surface area contributed by atoms with Crippen molar-refractivity contribution in [3.8, 4) is 5.75 Å². The molecule has 26 heavy (non-hydrogen) atoms. The minimum absolute atomic E-state index is 0.0424. The second kappa shape index (κ2) is 6.92. The van der Waals surface area contributed by atoms with Gasteiger partial charge in [0.05, 0.1) is 12.0 Å². The number of ether oxygens (including phenoxy) is 2. The summed E-state index contributed by atoms with van der Waals surface area (Å²) >= 11 is 3.38. The molecule has 0 radical (unpaired) electrons. The van der Waals surface area contributed by atoms with Crippen LogP contribution in [0.1, 0.15) is 11.1 Å². The highest BCUT2D eigenvalue weighted by Crippen LogP contribution is 2.41. The highest BCUT2D eigenvalue weighted by molar-refractivity contribution is 9.09. The van der Waals surface area contributed by atoms with Crippen molar-refractivity contribution < 1.29 is 22.7 Å². The normalized spacial score (nSPS) is 20.1. The zero-order valence-electron chi connectivity index (χ0n) is 14.3. The van der Waals surface area contributed by atoms with Crippen molar-refractivity contribution in [3.63, 3.8) is 0 Å². The summed E-state index contributed by atoms with van der Waals surface area (Å²) < 4.78 is 37.6. The summed E-state index contributed by atoms with van der Waals surface area (Å²) in [4.78, 5) is 12.5. The molecule has 3 rings (SSSR count). The fraction of sp³-hybridized carbons (Fsp3) is 0.278. The van der Waals surface area contributed by atoms with Crippen LogP contribution in [0.3, 0.4) is 0 Å². The predicted molar refractivity (Wildman–Crippen MR) is 100 cm³/mol. The number of alkyl halides is 1. The molecule has 1 aliphatic rings. The Labute approximate surface area is 160 Å². The second-order valence-corrected chi connectivity index (χ2v) is 8.38. The van der Waals surface area contributed by atoms with Gasteiger partial charge < -0.3 is 9.47 Å². The minimum atomic E-state index is -4.09. The van der Waals surface area contributed by atoms with Crippen LogP contribution in [-0.2, 0) is 20.3 Å². The number of benzene rings is 2. The van der Waals surface area contributed by atoms with Gasteiger partial charge in [-0.05, 0) is 36.8 Å². The van der Waals surface area contributed by atoms with E-state index in [9.17, 15) is 13.2 Å². The first-order chi connectivity index (χ1) is 12.3. The largest absolute Gasteiger partial charge is 0.497 e. The lowest BCUT2D eigenvalue weighted by Gasteiger charge is -2.33. The number of halogens is 1. The van der Waals surface area contributed by atoms with E-state index in [1.54, 1.807) is 43.5 Å². The molecule has 0 N–H and O–H groups in total. The van der Waals surface area contributed by atoms with E-state index < -0.39 is 21.7 Å². The van der Waals surface area contributed by atoms with Gasteiger partial charge in [-0.15, -0.1) is 0 Å². The molecule has 138 valence electrons. The minimum Gasteiger partial charge on any atom is -0.497 e. The van der Waals surface area contributed by atoms with Gasteiger partial charge in [-0.2, -0.15) is 4.31 Å². The molecule has 6 nitrogen and oxygen atoms in total. The third-order valence-electron chi connectivity index (χ3n) is 4.40. The molecule has 0 saturated carbocycles. The maximum atomic E-state index is 13.2. The third kappa shape index (κ3) is 2.97. The van der Waals surface area contributed by atoms with E-state index in [1.807, 2.05) is 6.92 Å². The summed E-state index contributed by atoms with van der Waals surface area (Å²) in [7, 11) is -2.54. The van der Waals surface area contributed by atoms with E-state index in [-0.39, 0.29) is 16.8 Å². The summed E-state index contributed by atoms with van der Waals surface area (Å²) in [6, 6.07) is 13.3. The van der Waals surface area contributed by atoms with Crippen molar-refractivity contribution in [1.29, 1.82) is 0 Å². The average molecular weight is 440 g/mol. The number of methoxy groups -OCH3 is 1. The van der Waals surface area contributed by atoms with Crippen molar-refractivity contribution in [2.75, 3.05) is 19.0 Å². The predicted octanol–water partition coefficient (Wildman–Crippen LogP) is 3.43. The smallest absolute Gasteiger partial charge is 0.424 e. The molecule has 1 atom stereocenters. The number of nitrogens with zero attached hydrogens (tertiary/aromatic N) is 1. The molecule has 0 bridgehead atoms. The first-order valence-electron chi connectivity index (χ1n) is 7.84. The molecule has 1 saturated heterocycles. The first kappa shape index (κ1) is 18.7. The Balaban J connectivity index is 2.12. The number of hydrogen-bond acceptors (Lipinski definition) is 5. The molecule has 1 amide bonds. The number of carbonyl (C=O) groups is 1. The fourth-order valence-corrected chi connectivity index (χ4v) is 5.41. The number of cyclic esters (lactones) is 1. The van der Waals surface area contributed by atoms with E-state index >= 15 is 0 Å². The molecule has 2 aromatic carbocycles. The van der Waals surface area contributed by atoms with Crippen molar-refractivity contribution in [2.45, 2.75) is 17.4 Å². The Bertz CT molecular complexity index is 912. The van der Waals surface area contributed by atoms with Gasteiger partial charge in [-0.3, -0.25) is 0 Å². The van der Waals surface area contributed by atoms with Gasteiger partial charge in [-0.1, -0.05) is 45.8 Å². The van der Waals surface area contributed by atoms with Crippen LogP contribution in [-0.4, -0.2) is 37.9 Å². The van der Waals surface area contributed by atoms with E-state index in [0.717, 1.165) is 9.87 Å². The van der Waals surface area contributed by atoms with E-state index in [4.69, 9.17) is 9.47 Å². The van der Waals surface area contributed by atoms with Gasteiger partial charge >= 0.3 is 6.09 Å². The lowest BCUT2D eigenvalue weighted by atomic mass is 9.93. The van der Waals surface area contributed by atoms with Crippen LogP contribution in [0.2, 0.25) is 0 Å². The zero-order chi connectivity index (χ0) is 18.9. The van der Waals surface area contributed by atoms with Crippen molar-refractivity contribution in [2.24, 2.45) is 0 Å². The van der Waals surface area contributed by atoms with Gasteiger partial charge in [0.1, 0.15) is 17.9 Å². The standard InChI is InChI=1S/C18H18BrNO5S/c1-13-3-9-16(10-4-13)26(22,23)20-17(21)25-12-18(20,11-19)14-5-7-15(24-2)8-6-14/h3-10H,11-12H2,1-2H3. The molecule has 2 aromatic rings. The second-order valence-electron chi connectivity index (χ2n) is 6.03. The van der Waals surface area contributed by atoms with Crippen LogP contribution < -0.4 is 4.74 Å². The fourth-order valence-electron chi connectivity index (χ4n) is 2.89. The van der Waals surface area contributed by atoms with Crippen LogP contribution in [0.15, 0.2) is 53.4 Å². The molecular weight excluding hydrogens is 422 g/mol. The van der Waals surface area contributed by atoms with Crippen LogP contribution in [0, 0.1) is 6.92 Å². The number of hydrogen-bond donors (Lipinski definition) is 0. The van der Waals surface area contributed by atoms with Crippen molar-refractivity contribution >= 4 is 32.0 Å². The number of aryl methyl sites for hydroxylation is 1. The Morgan fingerprint density at radius 1 is 1.15 bits per heavy atom. The molecular formula is C18H18BrNO5S. The number of carbonyl (C=O) groups excluding carboxylic acids is 1. The molecule has 0 spiro atoms. The number of sulfonamides is 1. The van der Waals surface area contributed by atoms with Crippen LogP contribution in [0.5, 0.6) is 5.75 Å². The van der Waals surface area contributed by atoms with Crippen molar-refractivity contribution in [3.05, 3.63) is 59.7 Å². The molecule has 1 unspecified atom stereocenters. The number of rotatable bonds is 5. The molecule has 1 aliphatic heterocycles. The van der Waals surface area contributed by atoms with Crippen LogP contribution in [0.4, 0.5) is 4.79 Å². The maximum Gasteiger partial charge on any atom is 0.424 e. The Morgan fingerprint density at radius 3 is 2.31 bits per heavy atom. The van der Waals surface area contributed by atoms with E-state index in [2.05, 4.69) is 15.9 Å². The van der Waals surface area contributed by atoms with Gasteiger partial charge in [-0.25, -0.2) is 13.2 Å². The summed E-state index contributed by atoms with van der Waals surface area (Å²) in [6.07, 6.45) is -0.888. The monoisotopic (exact) mass is 439 g/mol. The van der Waals surface area contributed by atoms with Gasteiger partial charge in [0.25, 0.3) is 10.0 Å². The van der Waals surface area contributed by atoms with Gasteiger partial charge in [0.2, 0.25) is 0 Å². The SMILES string of the molecule is COc1ccc(C2(CBr)COC(=O)N2S(=O)(=O)c2ccc(C)cc2)cc1. The highest BCUT2D eigenvalue weighted by atomic mass is 79.9. The summed E-state index contributed by atoms with van der Waals surface area (Å²) in [6.45, 7) is 1.79. The average Bonchev–Trinajstić information content (AvgIpc) is 3.00. The molecule has 0 aromatic heterocycles. The lowest BCUT2D eigenvalue weighted by molar-refractivity contribution is 0.169. The Kier molecular flexibility index (Phi) is 4.98. The Hall–Kier alpha value is -2.06. The van der Waals surface area contributed by atoms with Crippen molar-refractivity contribution in [1.82, 2.24) is 4.31 Å². The highest BCUT2D eigenvalue weighted by Gasteiger charge is 2.54. The van der Waals surface area contributed by atoms with Crippen LogP contribution in [0.25, 0.3) is 0 Å². The third-order valence-corrected chi connectivity index (χ3v) is 7.17. The number of amides is 1. The summed E-state index contributed by atoms with van der Waals surface area (Å²) in [5.74, 6) is 0.636. The lowest BCUT2D eigenvalue weighted by Crippen LogP contribution is -2.49. The van der Waals surface area contributed by atoms with Gasteiger partial charge in [0, 0.05) is 5.33 Å². The molecule has 1 fully saturated rings. The van der Waals surface area contributed by atoms with Gasteiger partial charge in [0.15, 0.2) is 0 Å². The van der Waals surface area contributed by atoms with Crippen LogP contribution >= 0.6 is 15.9 Å². The molecule has 0 aliphatic carbocycles.